The normalized spacial score (nSPS) is 9.07. The first-order valence-corrected chi connectivity index (χ1v) is 3.81. The summed E-state index contributed by atoms with van der Waals surface area (Å²) in [6.45, 7) is 0.724. The van der Waals surface area contributed by atoms with E-state index in [4.69, 9.17) is 16.7 Å². The highest BCUT2D eigenvalue weighted by Crippen LogP contribution is 1.80. The second-order valence-corrected chi connectivity index (χ2v) is 2.07. The molecule has 0 spiro atoms. The maximum absolute atomic E-state index is 10.6. The average molecular weight is 194 g/mol. The van der Waals surface area contributed by atoms with E-state index < -0.39 is 5.97 Å². The van der Waals surface area contributed by atoms with Gasteiger partial charge in [0, 0.05) is 0 Å². The first-order chi connectivity index (χ1) is 6.81. The topological polar surface area (TPSA) is 71.9 Å². The number of nitrogens with zero attached hydrogens (tertiary/aromatic N) is 2. The number of ether oxygens (including phenoxy) is 2. The van der Waals surface area contributed by atoms with Crippen LogP contribution in [-0.4, -0.2) is 36.8 Å². The molecule has 14 heavy (non-hydrogen) atoms. The van der Waals surface area contributed by atoms with Crippen LogP contribution in [0, 0.1) is 12.3 Å². The molecule has 0 bridgehead atoms. The molecule has 5 nitrogen and oxygen atoms in total. The van der Waals surface area contributed by atoms with Crippen molar-refractivity contribution in [3.05, 3.63) is 17.7 Å². The smallest absolute Gasteiger partial charge is 0.413 e. The Morgan fingerprint density at radius 2 is 2.21 bits per heavy atom. The van der Waals surface area contributed by atoms with Crippen molar-refractivity contribution in [1.29, 1.82) is 0 Å². The van der Waals surface area contributed by atoms with E-state index >= 15 is 0 Å². The van der Waals surface area contributed by atoms with Crippen molar-refractivity contribution in [3.63, 3.8) is 0 Å². The van der Waals surface area contributed by atoms with E-state index in [2.05, 4.69) is 15.4 Å². The van der Waals surface area contributed by atoms with Crippen LogP contribution >= 0.6 is 0 Å². The van der Waals surface area contributed by atoms with Crippen LogP contribution in [0.2, 0.25) is 0 Å². The van der Waals surface area contributed by atoms with Crippen LogP contribution in [0.1, 0.15) is 0 Å². The van der Waals surface area contributed by atoms with Crippen LogP contribution in [0.4, 0.5) is 0 Å². The molecule has 0 rings (SSSR count). The van der Waals surface area contributed by atoms with Gasteiger partial charge in [-0.1, -0.05) is 12.0 Å². The molecule has 0 N–H and O–H groups in total. The lowest BCUT2D eigenvalue weighted by Crippen LogP contribution is -2.05. The molecule has 0 fully saturated rings. The third kappa shape index (κ3) is 8.21. The van der Waals surface area contributed by atoms with Crippen LogP contribution in [0.15, 0.2) is 12.2 Å². The number of carbonyl (C=O) groups is 1. The summed E-state index contributed by atoms with van der Waals surface area (Å²) in [5.41, 5.74) is 7.95. The summed E-state index contributed by atoms with van der Waals surface area (Å²) in [4.78, 5) is 13.1. The van der Waals surface area contributed by atoms with E-state index in [1.165, 1.54) is 0 Å². The zero-order valence-electron chi connectivity index (χ0n) is 7.55. The number of esters is 1. The summed E-state index contributed by atoms with van der Waals surface area (Å²) in [7, 11) is 0. The highest BCUT2D eigenvalue weighted by molar-refractivity contribution is 6.20. The van der Waals surface area contributed by atoms with E-state index in [1.807, 2.05) is 0 Å². The molecule has 0 aliphatic carbocycles. The van der Waals surface area contributed by atoms with Gasteiger partial charge >= 0.3 is 12.2 Å². The number of rotatable bonds is 6. The third-order valence-electron chi connectivity index (χ3n) is 1.05. The maximum Gasteiger partial charge on any atom is 0.413 e. The Morgan fingerprint density at radius 1 is 1.50 bits per heavy atom. The molecule has 0 aliphatic heterocycles. The van der Waals surface area contributed by atoms with Crippen molar-refractivity contribution >= 4 is 12.2 Å². The fourth-order valence-corrected chi connectivity index (χ4v) is 0.537. The monoisotopic (exact) mass is 194 g/mol. The van der Waals surface area contributed by atoms with Gasteiger partial charge in [-0.05, 0) is 6.08 Å². The molecule has 0 amide bonds. The minimum Gasteiger partial charge on any atom is -0.453 e. The zero-order chi connectivity index (χ0) is 10.6. The van der Waals surface area contributed by atoms with Gasteiger partial charge in [-0.25, -0.2) is 4.79 Å². The molecule has 0 aromatic rings. The molecule has 0 aromatic heterocycles. The lowest BCUT2D eigenvalue weighted by Gasteiger charge is -1.93. The number of carbonyl (C=O) groups excluding carboxylic acids is 1. The zero-order valence-corrected chi connectivity index (χ0v) is 7.55. The van der Waals surface area contributed by atoms with E-state index in [0.717, 1.165) is 0 Å². The predicted octanol–water partition coefficient (Wildman–Crippen LogP) is 0.0362. The quantitative estimate of drug-likeness (QED) is 0.114. The molecule has 5 heteroatoms. The molecular formula is C9H10N2O3. The second-order valence-electron chi connectivity index (χ2n) is 2.07. The van der Waals surface area contributed by atoms with Crippen molar-refractivity contribution in [1.82, 2.24) is 0 Å². The van der Waals surface area contributed by atoms with Gasteiger partial charge in [0.2, 0.25) is 0 Å². The maximum atomic E-state index is 10.6. The van der Waals surface area contributed by atoms with Crippen molar-refractivity contribution < 1.29 is 19.1 Å². The Hall–Kier alpha value is -1.89. The fourth-order valence-electron chi connectivity index (χ4n) is 0.537. The lowest BCUT2D eigenvalue weighted by molar-refractivity contribution is -0.137. The van der Waals surface area contributed by atoms with E-state index in [-0.39, 0.29) is 13.2 Å². The number of hydrogen-bond donors (Lipinski definition) is 0. The fraction of sp³-hybridized carbons (Fsp3) is 0.333. The van der Waals surface area contributed by atoms with Gasteiger partial charge in [0.15, 0.2) is 0 Å². The average Bonchev–Trinajstić information content (AvgIpc) is 2.17. The summed E-state index contributed by atoms with van der Waals surface area (Å²) in [6.07, 6.45) is 8.87. The summed E-state index contributed by atoms with van der Waals surface area (Å²) < 4.78 is 9.47. The van der Waals surface area contributed by atoms with Gasteiger partial charge in [0.05, 0.1) is 6.61 Å². The second kappa shape index (κ2) is 9.20. The molecule has 0 heterocycles. The summed E-state index contributed by atoms with van der Waals surface area (Å²) in [6, 6.07) is 0. The first kappa shape index (κ1) is 12.1. The SMILES string of the molecule is C#CCOC/C=C\COC(=O)C=[N+]=[N-]. The van der Waals surface area contributed by atoms with Crippen LogP contribution in [0.3, 0.4) is 0 Å². The molecule has 0 unspecified atom stereocenters. The molecule has 0 aromatic carbocycles. The highest BCUT2D eigenvalue weighted by atomic mass is 16.5. The van der Waals surface area contributed by atoms with Crippen LogP contribution in [0.25, 0.3) is 5.53 Å². The van der Waals surface area contributed by atoms with Crippen molar-refractivity contribution in [2.45, 2.75) is 0 Å². The molecule has 0 saturated carbocycles. The van der Waals surface area contributed by atoms with Gasteiger partial charge < -0.3 is 15.0 Å². The van der Waals surface area contributed by atoms with Crippen molar-refractivity contribution in [2.75, 3.05) is 19.8 Å². The molecule has 0 radical (unpaired) electrons. The Labute approximate surface area is 81.9 Å². The predicted molar refractivity (Wildman–Crippen MR) is 49.4 cm³/mol. The van der Waals surface area contributed by atoms with Gasteiger partial charge in [0.1, 0.15) is 13.2 Å². The summed E-state index contributed by atoms with van der Waals surface area (Å²) >= 11 is 0. The first-order valence-electron chi connectivity index (χ1n) is 3.81. The highest BCUT2D eigenvalue weighted by Gasteiger charge is 1.99. The number of terminal acetylenes is 1. The minimum atomic E-state index is -0.707. The van der Waals surface area contributed by atoms with Gasteiger partial charge in [0.25, 0.3) is 0 Å². The van der Waals surface area contributed by atoms with E-state index in [0.29, 0.717) is 12.8 Å². The Balaban J connectivity index is 3.40. The Kier molecular flexibility index (Phi) is 7.96. The Bertz CT molecular complexity index is 285. The number of hydrogen-bond acceptors (Lipinski definition) is 3. The van der Waals surface area contributed by atoms with Crippen molar-refractivity contribution in [3.8, 4) is 12.3 Å². The largest absolute Gasteiger partial charge is 0.453 e. The van der Waals surface area contributed by atoms with E-state index in [1.54, 1.807) is 12.2 Å². The van der Waals surface area contributed by atoms with Gasteiger partial charge in [-0.15, -0.1) is 6.42 Å². The van der Waals surface area contributed by atoms with Crippen LogP contribution in [0.5, 0.6) is 0 Å². The minimum absolute atomic E-state index is 0.101. The standard InChI is InChI=1S/C9H10N2O3/c1-2-5-13-6-3-4-7-14-9(12)8-11-10/h1,3-4,8H,5-7H2/b4-3-. The van der Waals surface area contributed by atoms with Crippen molar-refractivity contribution in [2.24, 2.45) is 0 Å². The van der Waals surface area contributed by atoms with Gasteiger partial charge in [-0.3, -0.25) is 0 Å². The molecular weight excluding hydrogens is 184 g/mol. The molecule has 0 aliphatic rings. The molecule has 0 atom stereocenters. The Morgan fingerprint density at radius 3 is 2.86 bits per heavy atom. The van der Waals surface area contributed by atoms with Gasteiger partial charge in [-0.2, -0.15) is 4.79 Å². The third-order valence-corrected chi connectivity index (χ3v) is 1.05. The van der Waals surface area contributed by atoms with E-state index in [9.17, 15) is 4.79 Å². The van der Waals surface area contributed by atoms with Crippen LogP contribution < -0.4 is 0 Å². The summed E-state index contributed by atoms with van der Waals surface area (Å²) in [5, 5.41) is 0. The van der Waals surface area contributed by atoms with Crippen LogP contribution in [-0.2, 0) is 14.3 Å². The summed E-state index contributed by atoms with van der Waals surface area (Å²) in [5.74, 6) is 1.60. The lowest BCUT2D eigenvalue weighted by atomic mass is 10.5. The molecule has 74 valence electrons. The molecule has 0 saturated heterocycles.